The van der Waals surface area contributed by atoms with Crippen LogP contribution in [0.2, 0.25) is 5.02 Å². The van der Waals surface area contributed by atoms with Crippen LogP contribution in [0.4, 0.5) is 0 Å². The summed E-state index contributed by atoms with van der Waals surface area (Å²) in [5.41, 5.74) is 4.49. The molecular formula is C26H36ClNO2S. The number of halogens is 1. The summed E-state index contributed by atoms with van der Waals surface area (Å²) in [7, 11) is -0.566. The molecule has 0 aromatic heterocycles. The van der Waals surface area contributed by atoms with Crippen molar-refractivity contribution in [3.63, 3.8) is 0 Å². The van der Waals surface area contributed by atoms with E-state index in [-0.39, 0.29) is 5.41 Å². The Bertz CT molecular complexity index is 864. The largest absolute Gasteiger partial charge is 0.494 e. The highest BCUT2D eigenvalue weighted by atomic mass is 35.5. The van der Waals surface area contributed by atoms with Gasteiger partial charge in [-0.3, -0.25) is 4.21 Å². The molecule has 4 rings (SSSR count). The van der Waals surface area contributed by atoms with Crippen molar-refractivity contribution in [1.82, 2.24) is 5.32 Å². The predicted molar refractivity (Wildman–Crippen MR) is 133 cm³/mol. The van der Waals surface area contributed by atoms with Crippen LogP contribution in [0.1, 0.15) is 68.7 Å². The molecule has 1 N–H and O–H groups in total. The summed E-state index contributed by atoms with van der Waals surface area (Å²) in [6.45, 7) is 6.00. The Labute approximate surface area is 195 Å². The molecule has 31 heavy (non-hydrogen) atoms. The minimum Gasteiger partial charge on any atom is -0.494 e. The van der Waals surface area contributed by atoms with Crippen molar-refractivity contribution in [2.45, 2.75) is 63.8 Å². The van der Waals surface area contributed by atoms with Crippen molar-refractivity contribution < 1.29 is 8.95 Å². The molecule has 0 radical (unpaired) electrons. The van der Waals surface area contributed by atoms with Gasteiger partial charge in [-0.15, -0.1) is 0 Å². The van der Waals surface area contributed by atoms with Gasteiger partial charge in [-0.1, -0.05) is 50.1 Å². The van der Waals surface area contributed by atoms with Crippen LogP contribution in [0.5, 0.6) is 5.75 Å². The van der Waals surface area contributed by atoms with E-state index in [0.29, 0.717) is 6.04 Å². The number of fused-ring (bicyclic) bond motifs is 1. The second-order valence-electron chi connectivity index (χ2n) is 8.64. The molecule has 2 aromatic carbocycles. The van der Waals surface area contributed by atoms with Crippen LogP contribution >= 0.6 is 11.6 Å². The summed E-state index contributed by atoms with van der Waals surface area (Å²) in [5, 5.41) is 4.64. The molecule has 1 fully saturated rings. The number of benzene rings is 2. The molecule has 0 amide bonds. The first-order valence-electron chi connectivity index (χ1n) is 11.5. The maximum atomic E-state index is 10.2. The zero-order valence-corrected chi connectivity index (χ0v) is 20.7. The van der Waals surface area contributed by atoms with Gasteiger partial charge in [-0.25, -0.2) is 0 Å². The van der Waals surface area contributed by atoms with Gasteiger partial charge in [-0.2, -0.15) is 0 Å². The fourth-order valence-corrected chi connectivity index (χ4v) is 5.41. The van der Waals surface area contributed by atoms with Crippen LogP contribution in [0.3, 0.4) is 0 Å². The second kappa shape index (κ2) is 11.5. The number of hydrogen-bond donors (Lipinski definition) is 1. The van der Waals surface area contributed by atoms with E-state index in [1.807, 2.05) is 19.1 Å². The van der Waals surface area contributed by atoms with Crippen molar-refractivity contribution in [3.8, 4) is 5.75 Å². The van der Waals surface area contributed by atoms with Gasteiger partial charge >= 0.3 is 0 Å². The third-order valence-corrected chi connectivity index (χ3v) is 7.59. The first-order chi connectivity index (χ1) is 15.0. The Morgan fingerprint density at radius 3 is 2.42 bits per heavy atom. The van der Waals surface area contributed by atoms with E-state index in [1.165, 1.54) is 36.0 Å². The van der Waals surface area contributed by atoms with Gasteiger partial charge in [0.1, 0.15) is 5.75 Å². The summed E-state index contributed by atoms with van der Waals surface area (Å²) in [6.07, 6.45) is 8.64. The molecule has 1 aliphatic heterocycles. The highest BCUT2D eigenvalue weighted by Crippen LogP contribution is 2.53. The maximum absolute atomic E-state index is 10.2. The lowest BCUT2D eigenvalue weighted by Crippen LogP contribution is -2.49. The minimum absolute atomic E-state index is 0.184. The summed E-state index contributed by atoms with van der Waals surface area (Å²) < 4.78 is 16.1. The number of ether oxygens (including phenoxy) is 1. The lowest BCUT2D eigenvalue weighted by molar-refractivity contribution is 0.164. The zero-order valence-electron chi connectivity index (χ0n) is 19.1. The van der Waals surface area contributed by atoms with Crippen molar-refractivity contribution in [2.75, 3.05) is 25.2 Å². The summed E-state index contributed by atoms with van der Waals surface area (Å²) in [4.78, 5) is 0. The van der Waals surface area contributed by atoms with Crippen LogP contribution in [-0.4, -0.2) is 29.4 Å². The lowest BCUT2D eigenvalue weighted by atomic mass is 9.58. The standard InChI is InChI=1S/C22H26ClNO.C4H10OS/c1-2-14-25-19-9-4-16-10-13-24-21(20(16)15-19)22(11-3-12-22)17-5-7-18(23)8-6-17;1-3-4-6(2)5/h4-9,15,21,24H,2-3,10-14H2,1H3;3-4H2,1-2H3. The Morgan fingerprint density at radius 1 is 1.13 bits per heavy atom. The predicted octanol–water partition coefficient (Wildman–Crippen LogP) is 6.21. The average molecular weight is 462 g/mol. The van der Waals surface area contributed by atoms with E-state index in [9.17, 15) is 4.21 Å². The molecule has 3 nitrogen and oxygen atoms in total. The molecule has 2 unspecified atom stereocenters. The van der Waals surface area contributed by atoms with Crippen LogP contribution in [-0.2, 0) is 22.6 Å². The van der Waals surface area contributed by atoms with Gasteiger partial charge in [0.05, 0.1) is 6.61 Å². The normalized spacial score (nSPS) is 19.9. The Hall–Kier alpha value is -1.36. The summed E-state index contributed by atoms with van der Waals surface area (Å²) in [6, 6.07) is 15.5. The smallest absolute Gasteiger partial charge is 0.119 e. The zero-order chi connectivity index (χ0) is 22.3. The summed E-state index contributed by atoms with van der Waals surface area (Å²) in [5.74, 6) is 1.85. The van der Waals surface area contributed by atoms with Gasteiger partial charge in [-0.05, 0) is 79.6 Å². The van der Waals surface area contributed by atoms with E-state index >= 15 is 0 Å². The van der Waals surface area contributed by atoms with Crippen molar-refractivity contribution in [1.29, 1.82) is 0 Å². The molecule has 1 aliphatic carbocycles. The first-order valence-corrected chi connectivity index (χ1v) is 13.7. The molecule has 0 saturated heterocycles. The Kier molecular flexibility index (Phi) is 9.00. The number of nitrogens with one attached hydrogen (secondary N) is 1. The molecule has 0 spiro atoms. The van der Waals surface area contributed by atoms with Gasteiger partial charge < -0.3 is 10.1 Å². The Balaban J connectivity index is 0.000000401. The third kappa shape index (κ3) is 5.91. The van der Waals surface area contributed by atoms with Crippen LogP contribution in [0.15, 0.2) is 42.5 Å². The molecule has 1 saturated carbocycles. The van der Waals surface area contributed by atoms with Gasteiger partial charge in [0.25, 0.3) is 0 Å². The van der Waals surface area contributed by atoms with E-state index in [0.717, 1.165) is 48.9 Å². The second-order valence-corrected chi connectivity index (χ2v) is 10.6. The van der Waals surface area contributed by atoms with Crippen LogP contribution < -0.4 is 10.1 Å². The molecule has 2 aliphatic rings. The number of hydrogen-bond acceptors (Lipinski definition) is 3. The van der Waals surface area contributed by atoms with Gasteiger partial charge in [0, 0.05) is 39.3 Å². The molecule has 2 atom stereocenters. The average Bonchev–Trinajstić information content (AvgIpc) is 2.73. The van der Waals surface area contributed by atoms with Gasteiger partial charge in [0.15, 0.2) is 0 Å². The fourth-order valence-electron chi connectivity index (χ4n) is 4.70. The molecule has 0 bridgehead atoms. The summed E-state index contributed by atoms with van der Waals surface area (Å²) >= 11 is 6.13. The highest BCUT2D eigenvalue weighted by molar-refractivity contribution is 7.84. The quantitative estimate of drug-likeness (QED) is 0.532. The minimum atomic E-state index is -0.566. The van der Waals surface area contributed by atoms with Crippen molar-refractivity contribution in [2.24, 2.45) is 0 Å². The lowest BCUT2D eigenvalue weighted by Gasteiger charge is -2.50. The van der Waals surface area contributed by atoms with Crippen LogP contribution in [0.25, 0.3) is 0 Å². The SMILES string of the molecule is CCCOc1ccc2c(c1)C(C1(c3ccc(Cl)cc3)CCC1)NCC2.CCCS(C)=O. The molecule has 2 aromatic rings. The monoisotopic (exact) mass is 461 g/mol. The van der Waals surface area contributed by atoms with E-state index in [4.69, 9.17) is 16.3 Å². The molecular weight excluding hydrogens is 426 g/mol. The van der Waals surface area contributed by atoms with E-state index in [2.05, 4.69) is 42.6 Å². The Morgan fingerprint density at radius 2 is 1.87 bits per heavy atom. The topological polar surface area (TPSA) is 38.3 Å². The first kappa shape index (κ1) is 24.3. The van der Waals surface area contributed by atoms with Crippen molar-refractivity contribution >= 4 is 22.4 Å². The van der Waals surface area contributed by atoms with Gasteiger partial charge in [0.2, 0.25) is 0 Å². The third-order valence-electron chi connectivity index (χ3n) is 6.35. The van der Waals surface area contributed by atoms with E-state index in [1.54, 1.807) is 6.26 Å². The highest BCUT2D eigenvalue weighted by Gasteiger charge is 2.47. The van der Waals surface area contributed by atoms with Crippen molar-refractivity contribution in [3.05, 3.63) is 64.2 Å². The number of rotatable bonds is 7. The molecule has 5 heteroatoms. The maximum Gasteiger partial charge on any atom is 0.119 e. The fraction of sp³-hybridized carbons (Fsp3) is 0.538. The van der Waals surface area contributed by atoms with E-state index < -0.39 is 10.8 Å². The van der Waals surface area contributed by atoms with Crippen LogP contribution in [0, 0.1) is 0 Å². The molecule has 170 valence electrons. The molecule has 1 heterocycles.